The van der Waals surface area contributed by atoms with Crippen molar-refractivity contribution in [3.8, 4) is 5.75 Å². The Kier molecular flexibility index (Phi) is 8.81. The zero-order chi connectivity index (χ0) is 24.9. The summed E-state index contributed by atoms with van der Waals surface area (Å²) in [4.78, 5) is 25.1. The highest BCUT2D eigenvalue weighted by Crippen LogP contribution is 2.30. The monoisotopic (exact) mass is 528 g/mol. The van der Waals surface area contributed by atoms with Crippen LogP contribution in [0.3, 0.4) is 0 Å². The molecule has 0 radical (unpaired) electrons. The predicted octanol–water partition coefficient (Wildman–Crippen LogP) is 4.75. The molecule has 184 valence electrons. The van der Waals surface area contributed by atoms with Crippen molar-refractivity contribution >= 4 is 50.8 Å². The van der Waals surface area contributed by atoms with Gasteiger partial charge in [0.05, 0.1) is 12.7 Å². The molecule has 1 atom stereocenters. The summed E-state index contributed by atoms with van der Waals surface area (Å²) >= 11 is 11.9. The number of amides is 1. The molecule has 0 bridgehead atoms. The molecule has 1 aliphatic heterocycles. The normalized spacial score (nSPS) is 15.8. The van der Waals surface area contributed by atoms with E-state index in [1.807, 2.05) is 0 Å². The van der Waals surface area contributed by atoms with Crippen LogP contribution in [-0.4, -0.2) is 50.9 Å². The number of carbonyl (C=O) groups excluding carboxylic acids is 2. The van der Waals surface area contributed by atoms with Gasteiger partial charge in [-0.25, -0.2) is 13.2 Å². The number of halogens is 2. The van der Waals surface area contributed by atoms with E-state index in [1.54, 1.807) is 0 Å². The van der Waals surface area contributed by atoms with Gasteiger partial charge in [-0.1, -0.05) is 36.0 Å². The standard InChI is InChI=1S/C23H26Cl2N2O6S/c1-15(22(28)26-19-13-17(24)12-18(25)14-19)33-23(29)16-7-8-20(32-2)21(11-16)34(30,31)27-9-5-3-4-6-10-27/h7-8,11-15H,3-6,9-10H2,1-2H3,(H,26,28). The fraction of sp³-hybridized carbons (Fsp3) is 0.391. The van der Waals surface area contributed by atoms with Crippen molar-refractivity contribution < 1.29 is 27.5 Å². The summed E-state index contributed by atoms with van der Waals surface area (Å²) in [7, 11) is -2.52. The van der Waals surface area contributed by atoms with Gasteiger partial charge >= 0.3 is 5.97 Å². The molecule has 34 heavy (non-hydrogen) atoms. The molecular weight excluding hydrogens is 503 g/mol. The number of hydrogen-bond acceptors (Lipinski definition) is 6. The number of rotatable bonds is 7. The molecule has 1 N–H and O–H groups in total. The average Bonchev–Trinajstić information content (AvgIpc) is 3.08. The fourth-order valence-corrected chi connectivity index (χ4v) is 5.80. The van der Waals surface area contributed by atoms with E-state index in [0.29, 0.717) is 28.8 Å². The number of anilines is 1. The highest BCUT2D eigenvalue weighted by atomic mass is 35.5. The number of methoxy groups -OCH3 is 1. The van der Waals surface area contributed by atoms with Gasteiger partial charge in [0.15, 0.2) is 6.10 Å². The molecule has 2 aromatic carbocycles. The van der Waals surface area contributed by atoms with Gasteiger partial charge in [0, 0.05) is 28.8 Å². The van der Waals surface area contributed by atoms with E-state index in [2.05, 4.69) is 5.32 Å². The smallest absolute Gasteiger partial charge is 0.338 e. The molecule has 0 spiro atoms. The largest absolute Gasteiger partial charge is 0.495 e. The van der Waals surface area contributed by atoms with Crippen LogP contribution < -0.4 is 10.1 Å². The molecule has 0 aromatic heterocycles. The Labute approximate surface area is 209 Å². The zero-order valence-electron chi connectivity index (χ0n) is 18.8. The summed E-state index contributed by atoms with van der Waals surface area (Å²) in [6.07, 6.45) is 2.31. The first-order valence-electron chi connectivity index (χ1n) is 10.8. The molecule has 11 heteroatoms. The number of hydrogen-bond donors (Lipinski definition) is 1. The lowest BCUT2D eigenvalue weighted by Gasteiger charge is -2.21. The van der Waals surface area contributed by atoms with Crippen LogP contribution in [-0.2, 0) is 19.6 Å². The van der Waals surface area contributed by atoms with E-state index in [4.69, 9.17) is 32.7 Å². The highest BCUT2D eigenvalue weighted by Gasteiger charge is 2.30. The molecule has 0 saturated carbocycles. The van der Waals surface area contributed by atoms with Crippen molar-refractivity contribution in [1.29, 1.82) is 0 Å². The Morgan fingerprint density at radius 3 is 2.21 bits per heavy atom. The van der Waals surface area contributed by atoms with Crippen molar-refractivity contribution in [1.82, 2.24) is 4.31 Å². The predicted molar refractivity (Wildman–Crippen MR) is 130 cm³/mol. The number of esters is 1. The fourth-order valence-electron chi connectivity index (χ4n) is 3.58. The molecule has 1 unspecified atom stereocenters. The van der Waals surface area contributed by atoms with Gasteiger partial charge in [0.1, 0.15) is 10.6 Å². The lowest BCUT2D eigenvalue weighted by Crippen LogP contribution is -2.32. The van der Waals surface area contributed by atoms with Crippen LogP contribution in [0.1, 0.15) is 43.0 Å². The van der Waals surface area contributed by atoms with E-state index in [9.17, 15) is 18.0 Å². The van der Waals surface area contributed by atoms with Crippen molar-refractivity contribution in [3.63, 3.8) is 0 Å². The molecule has 1 saturated heterocycles. The van der Waals surface area contributed by atoms with E-state index in [-0.39, 0.29) is 16.2 Å². The summed E-state index contributed by atoms with van der Waals surface area (Å²) in [5.41, 5.74) is 0.334. The Balaban J connectivity index is 1.77. The Hall–Kier alpha value is -2.33. The molecule has 1 fully saturated rings. The zero-order valence-corrected chi connectivity index (χ0v) is 21.2. The van der Waals surface area contributed by atoms with Crippen LogP contribution in [0.5, 0.6) is 5.75 Å². The van der Waals surface area contributed by atoms with Crippen LogP contribution in [0.15, 0.2) is 41.3 Å². The maximum atomic E-state index is 13.3. The first-order chi connectivity index (χ1) is 16.1. The molecule has 3 rings (SSSR count). The van der Waals surface area contributed by atoms with Gasteiger partial charge in [0.2, 0.25) is 10.0 Å². The first-order valence-corrected chi connectivity index (χ1v) is 13.0. The molecule has 1 aliphatic rings. The molecule has 2 aromatic rings. The summed E-state index contributed by atoms with van der Waals surface area (Å²) in [6.45, 7) is 2.22. The van der Waals surface area contributed by atoms with Gasteiger partial charge in [-0.15, -0.1) is 0 Å². The summed E-state index contributed by atoms with van der Waals surface area (Å²) in [6, 6.07) is 8.54. The van der Waals surface area contributed by atoms with Crippen LogP contribution >= 0.6 is 23.2 Å². The van der Waals surface area contributed by atoms with Gasteiger partial charge in [-0.3, -0.25) is 4.79 Å². The molecule has 8 nitrogen and oxygen atoms in total. The number of nitrogens with zero attached hydrogens (tertiary/aromatic N) is 1. The SMILES string of the molecule is COc1ccc(C(=O)OC(C)C(=O)Nc2cc(Cl)cc(Cl)c2)cc1S(=O)(=O)N1CCCCCC1. The molecule has 1 heterocycles. The third kappa shape index (κ3) is 6.41. The Bertz CT molecular complexity index is 1140. The Morgan fingerprint density at radius 1 is 1.00 bits per heavy atom. The molecule has 1 amide bonds. The van der Waals surface area contributed by atoms with Gasteiger partial charge in [-0.05, 0) is 56.2 Å². The first kappa shape index (κ1) is 26.3. The number of nitrogens with one attached hydrogen (secondary N) is 1. The van der Waals surface area contributed by atoms with E-state index >= 15 is 0 Å². The van der Waals surface area contributed by atoms with Gasteiger partial charge in [0.25, 0.3) is 5.91 Å². The highest BCUT2D eigenvalue weighted by molar-refractivity contribution is 7.89. The van der Waals surface area contributed by atoms with Crippen LogP contribution in [0, 0.1) is 0 Å². The lowest BCUT2D eigenvalue weighted by atomic mass is 10.2. The second-order valence-corrected chi connectivity index (χ2v) is 10.7. The third-order valence-corrected chi connectivity index (χ3v) is 7.72. The maximum Gasteiger partial charge on any atom is 0.338 e. The van der Waals surface area contributed by atoms with Gasteiger partial charge in [-0.2, -0.15) is 4.31 Å². The third-order valence-electron chi connectivity index (χ3n) is 5.37. The topological polar surface area (TPSA) is 102 Å². The van der Waals surface area contributed by atoms with E-state index in [1.165, 1.54) is 54.7 Å². The number of ether oxygens (including phenoxy) is 2. The van der Waals surface area contributed by atoms with Crippen molar-refractivity contribution in [2.24, 2.45) is 0 Å². The Morgan fingerprint density at radius 2 is 1.62 bits per heavy atom. The van der Waals surface area contributed by atoms with Crippen LogP contribution in [0.2, 0.25) is 10.0 Å². The second-order valence-electron chi connectivity index (χ2n) is 7.88. The minimum atomic E-state index is -3.88. The molecular formula is C23H26Cl2N2O6S. The van der Waals surface area contributed by atoms with Crippen LogP contribution in [0.25, 0.3) is 0 Å². The van der Waals surface area contributed by atoms with E-state index in [0.717, 1.165) is 25.7 Å². The second kappa shape index (κ2) is 11.4. The van der Waals surface area contributed by atoms with E-state index < -0.39 is 28.0 Å². The van der Waals surface area contributed by atoms with Gasteiger partial charge < -0.3 is 14.8 Å². The van der Waals surface area contributed by atoms with Crippen molar-refractivity contribution in [2.45, 2.75) is 43.6 Å². The van der Waals surface area contributed by atoms with Crippen molar-refractivity contribution in [3.05, 3.63) is 52.0 Å². The molecule has 0 aliphatic carbocycles. The summed E-state index contributed by atoms with van der Waals surface area (Å²) in [5.74, 6) is -1.32. The summed E-state index contributed by atoms with van der Waals surface area (Å²) < 4.78 is 38.5. The quantitative estimate of drug-likeness (QED) is 0.520. The van der Waals surface area contributed by atoms with Crippen LogP contribution in [0.4, 0.5) is 5.69 Å². The number of benzene rings is 2. The average molecular weight is 529 g/mol. The minimum Gasteiger partial charge on any atom is -0.495 e. The number of carbonyl (C=O) groups is 2. The minimum absolute atomic E-state index is 0.0142. The van der Waals surface area contributed by atoms with Crippen molar-refractivity contribution in [2.75, 3.05) is 25.5 Å². The lowest BCUT2D eigenvalue weighted by molar-refractivity contribution is -0.123. The summed E-state index contributed by atoms with van der Waals surface area (Å²) in [5, 5.41) is 3.25. The number of sulfonamides is 1. The maximum absolute atomic E-state index is 13.3.